The van der Waals surface area contributed by atoms with Crippen molar-refractivity contribution in [2.75, 3.05) is 13.1 Å². The zero-order valence-electron chi connectivity index (χ0n) is 15.5. The predicted molar refractivity (Wildman–Crippen MR) is 108 cm³/mol. The van der Waals surface area contributed by atoms with Gasteiger partial charge in [0, 0.05) is 32.8 Å². The van der Waals surface area contributed by atoms with E-state index < -0.39 is 5.97 Å². The molecule has 1 atom stereocenters. The lowest BCUT2D eigenvalue weighted by Gasteiger charge is -2.21. The second-order valence-corrected chi connectivity index (χ2v) is 9.52. The molecular weight excluding hydrogens is 380 g/mol. The fourth-order valence-corrected chi connectivity index (χ4v) is 6.66. The van der Waals surface area contributed by atoms with Crippen LogP contribution in [0, 0.1) is 6.92 Å². The second-order valence-electron chi connectivity index (χ2n) is 7.47. The number of fused-ring (bicyclic) bond motifs is 1. The van der Waals surface area contributed by atoms with Crippen LogP contribution in [0.3, 0.4) is 0 Å². The average molecular weight is 405 g/mol. The molecule has 2 aliphatic rings. The minimum atomic E-state index is -0.861. The third kappa shape index (κ3) is 3.86. The number of likely N-dealkylation sites (tertiary alicyclic amines) is 1. The van der Waals surface area contributed by atoms with Gasteiger partial charge in [0.2, 0.25) is 0 Å². The van der Waals surface area contributed by atoms with Crippen LogP contribution in [0.2, 0.25) is 0 Å². The molecule has 2 aromatic heterocycles. The Balaban J connectivity index is 1.63. The normalized spacial score (nSPS) is 20.0. The number of aromatic nitrogens is 1. The minimum Gasteiger partial charge on any atom is -0.480 e. The summed E-state index contributed by atoms with van der Waals surface area (Å²) in [5, 5.41) is 12.2. The SMILES string of the molecule is Cc1csc(-c2c(CC(=O)C3CCCN3CC(=O)O)sc3c2CCCC3)n1. The highest BCUT2D eigenvalue weighted by atomic mass is 32.1. The van der Waals surface area contributed by atoms with E-state index in [0.717, 1.165) is 41.3 Å². The zero-order chi connectivity index (χ0) is 19.0. The largest absolute Gasteiger partial charge is 0.480 e. The van der Waals surface area contributed by atoms with Crippen molar-refractivity contribution in [2.45, 2.75) is 57.9 Å². The molecule has 0 radical (unpaired) electrons. The predicted octanol–water partition coefficient (Wildman–Crippen LogP) is 3.72. The Morgan fingerprint density at radius 2 is 2.11 bits per heavy atom. The molecule has 0 bridgehead atoms. The van der Waals surface area contributed by atoms with E-state index in [-0.39, 0.29) is 18.4 Å². The van der Waals surface area contributed by atoms with Crippen LogP contribution in [0.5, 0.6) is 0 Å². The van der Waals surface area contributed by atoms with Crippen LogP contribution in [0.4, 0.5) is 0 Å². The first-order valence-electron chi connectivity index (χ1n) is 9.57. The van der Waals surface area contributed by atoms with Crippen molar-refractivity contribution in [3.63, 3.8) is 0 Å². The fraction of sp³-hybridized carbons (Fsp3) is 0.550. The van der Waals surface area contributed by atoms with E-state index in [1.807, 2.05) is 11.8 Å². The van der Waals surface area contributed by atoms with Gasteiger partial charge in [0.1, 0.15) is 5.01 Å². The van der Waals surface area contributed by atoms with Gasteiger partial charge in [0.15, 0.2) is 5.78 Å². The highest BCUT2D eigenvalue weighted by Gasteiger charge is 2.33. The standard InChI is InChI=1S/C20H24N2O3S2/c1-12-11-26-20(21-12)19-13-5-2-3-7-16(13)27-17(19)9-15(23)14-6-4-8-22(14)10-18(24)25/h11,14H,2-10H2,1H3,(H,24,25). The molecule has 5 nitrogen and oxygen atoms in total. The van der Waals surface area contributed by atoms with Crippen LogP contribution >= 0.6 is 22.7 Å². The van der Waals surface area contributed by atoms with Gasteiger partial charge >= 0.3 is 5.97 Å². The number of rotatable bonds is 6. The van der Waals surface area contributed by atoms with Crippen LogP contribution in [-0.2, 0) is 28.9 Å². The first-order chi connectivity index (χ1) is 13.0. The summed E-state index contributed by atoms with van der Waals surface area (Å²) in [6.07, 6.45) is 6.64. The third-order valence-corrected chi connectivity index (χ3v) is 7.75. The number of nitrogens with zero attached hydrogens (tertiary/aromatic N) is 2. The number of hydrogen-bond donors (Lipinski definition) is 1. The molecule has 2 aromatic rings. The molecule has 1 unspecified atom stereocenters. The molecule has 144 valence electrons. The number of aliphatic carboxylic acids is 1. The van der Waals surface area contributed by atoms with E-state index in [1.165, 1.54) is 28.8 Å². The number of carboxylic acids is 1. The first-order valence-corrected chi connectivity index (χ1v) is 11.3. The number of thiazole rings is 1. The highest BCUT2D eigenvalue weighted by molar-refractivity contribution is 7.15. The molecule has 3 heterocycles. The molecule has 0 spiro atoms. The molecule has 1 saturated heterocycles. The van der Waals surface area contributed by atoms with E-state index in [0.29, 0.717) is 13.0 Å². The summed E-state index contributed by atoms with van der Waals surface area (Å²) in [6.45, 7) is 2.66. The lowest BCUT2D eigenvalue weighted by atomic mass is 9.94. The molecule has 0 aromatic carbocycles. The smallest absolute Gasteiger partial charge is 0.317 e. The van der Waals surface area contributed by atoms with Gasteiger partial charge in [-0.2, -0.15) is 0 Å². The Labute approximate surface area is 167 Å². The quantitative estimate of drug-likeness (QED) is 0.795. The van der Waals surface area contributed by atoms with Crippen LogP contribution < -0.4 is 0 Å². The van der Waals surface area contributed by atoms with Crippen molar-refractivity contribution < 1.29 is 14.7 Å². The summed E-state index contributed by atoms with van der Waals surface area (Å²) < 4.78 is 0. The van der Waals surface area contributed by atoms with Gasteiger partial charge < -0.3 is 5.11 Å². The number of aryl methyl sites for hydroxylation is 2. The van der Waals surface area contributed by atoms with Crippen molar-refractivity contribution in [2.24, 2.45) is 0 Å². The summed E-state index contributed by atoms with van der Waals surface area (Å²) in [7, 11) is 0. The number of ketones is 1. The summed E-state index contributed by atoms with van der Waals surface area (Å²) in [4.78, 5) is 33.2. The molecule has 4 rings (SSSR count). The highest BCUT2D eigenvalue weighted by Crippen LogP contribution is 2.42. The fourth-order valence-electron chi connectivity index (χ4n) is 4.29. The topological polar surface area (TPSA) is 70.5 Å². The summed E-state index contributed by atoms with van der Waals surface area (Å²) in [6, 6.07) is -0.258. The Kier molecular flexibility index (Phi) is 5.43. The average Bonchev–Trinajstić information content (AvgIpc) is 3.32. The van der Waals surface area contributed by atoms with Gasteiger partial charge in [-0.3, -0.25) is 14.5 Å². The minimum absolute atomic E-state index is 0.0458. The molecule has 1 aliphatic heterocycles. The summed E-state index contributed by atoms with van der Waals surface area (Å²) in [5.74, 6) is -0.706. The molecule has 0 amide bonds. The number of carbonyl (C=O) groups is 2. The molecule has 1 fully saturated rings. The lowest BCUT2D eigenvalue weighted by molar-refractivity contribution is -0.139. The number of carbonyl (C=O) groups excluding carboxylic acids is 1. The molecule has 27 heavy (non-hydrogen) atoms. The number of Topliss-reactive ketones (excluding diaryl/α,β-unsaturated/α-hetero) is 1. The zero-order valence-corrected chi connectivity index (χ0v) is 17.1. The Hall–Kier alpha value is -1.57. The van der Waals surface area contributed by atoms with Crippen LogP contribution in [0.15, 0.2) is 5.38 Å². The number of thiophene rings is 1. The maximum atomic E-state index is 13.1. The van der Waals surface area contributed by atoms with Gasteiger partial charge in [0.25, 0.3) is 0 Å². The van der Waals surface area contributed by atoms with Gasteiger partial charge in [-0.15, -0.1) is 22.7 Å². The van der Waals surface area contributed by atoms with E-state index in [1.54, 1.807) is 22.7 Å². The molecule has 1 N–H and O–H groups in total. The molecular formula is C20H24N2O3S2. The van der Waals surface area contributed by atoms with Crippen molar-refractivity contribution in [3.8, 4) is 10.6 Å². The van der Waals surface area contributed by atoms with Crippen LogP contribution in [0.25, 0.3) is 10.6 Å². The van der Waals surface area contributed by atoms with Gasteiger partial charge in [-0.1, -0.05) is 0 Å². The van der Waals surface area contributed by atoms with Crippen molar-refractivity contribution >= 4 is 34.4 Å². The summed E-state index contributed by atoms with van der Waals surface area (Å²) >= 11 is 3.44. The Morgan fingerprint density at radius 3 is 2.85 bits per heavy atom. The van der Waals surface area contributed by atoms with E-state index >= 15 is 0 Å². The first kappa shape index (κ1) is 18.8. The number of hydrogen-bond acceptors (Lipinski definition) is 6. The van der Waals surface area contributed by atoms with Crippen molar-refractivity contribution in [3.05, 3.63) is 26.4 Å². The summed E-state index contributed by atoms with van der Waals surface area (Å²) in [5.41, 5.74) is 3.62. The van der Waals surface area contributed by atoms with Gasteiger partial charge in [-0.05, 0) is 57.6 Å². The van der Waals surface area contributed by atoms with Crippen molar-refractivity contribution in [1.29, 1.82) is 0 Å². The second kappa shape index (κ2) is 7.81. The molecule has 7 heteroatoms. The van der Waals surface area contributed by atoms with Crippen LogP contribution in [-0.4, -0.2) is 45.9 Å². The van der Waals surface area contributed by atoms with E-state index in [9.17, 15) is 9.59 Å². The lowest BCUT2D eigenvalue weighted by Crippen LogP contribution is -2.40. The Morgan fingerprint density at radius 1 is 1.30 bits per heavy atom. The molecule has 1 aliphatic carbocycles. The van der Waals surface area contributed by atoms with Crippen molar-refractivity contribution in [1.82, 2.24) is 9.88 Å². The molecule has 0 saturated carbocycles. The van der Waals surface area contributed by atoms with Gasteiger partial charge in [0.05, 0.1) is 12.6 Å². The monoisotopic (exact) mass is 404 g/mol. The van der Waals surface area contributed by atoms with Gasteiger partial charge in [-0.25, -0.2) is 4.98 Å². The number of carboxylic acid groups (broad SMARTS) is 1. The third-order valence-electron chi connectivity index (χ3n) is 5.49. The van der Waals surface area contributed by atoms with E-state index in [2.05, 4.69) is 5.38 Å². The maximum Gasteiger partial charge on any atom is 0.317 e. The van der Waals surface area contributed by atoms with Crippen LogP contribution in [0.1, 0.15) is 46.7 Å². The van der Waals surface area contributed by atoms with E-state index in [4.69, 9.17) is 10.1 Å². The Bertz CT molecular complexity index is 871. The maximum absolute atomic E-state index is 13.1.